The van der Waals surface area contributed by atoms with Crippen molar-refractivity contribution >= 4 is 40.7 Å². The van der Waals surface area contributed by atoms with Crippen LogP contribution < -0.4 is 4.74 Å². The van der Waals surface area contributed by atoms with E-state index in [0.717, 1.165) is 0 Å². The van der Waals surface area contributed by atoms with E-state index in [4.69, 9.17) is 39.5 Å². The van der Waals surface area contributed by atoms with Crippen molar-refractivity contribution in [1.29, 1.82) is 0 Å². The Morgan fingerprint density at radius 1 is 1.25 bits per heavy atom. The summed E-state index contributed by atoms with van der Waals surface area (Å²) in [6.07, 6.45) is 0. The first kappa shape index (κ1) is 17.4. The molecule has 0 aliphatic carbocycles. The molecular weight excluding hydrogens is 325 g/mol. The molecule has 0 fully saturated rings. The Hall–Kier alpha value is -0.680. The van der Waals surface area contributed by atoms with Crippen LogP contribution in [-0.4, -0.2) is 41.7 Å². The van der Waals surface area contributed by atoms with Crippen molar-refractivity contribution in [2.24, 2.45) is 0 Å². The molecular formula is C13H16Cl3NO3. The maximum absolute atomic E-state index is 11.8. The van der Waals surface area contributed by atoms with Crippen LogP contribution in [0.1, 0.15) is 13.8 Å². The first-order chi connectivity index (χ1) is 9.10. The van der Waals surface area contributed by atoms with Gasteiger partial charge in [0.05, 0.1) is 20.7 Å². The second kappa shape index (κ2) is 6.85. The highest BCUT2D eigenvalue weighted by molar-refractivity contribution is 6.43. The molecule has 1 rings (SSSR count). The summed E-state index contributed by atoms with van der Waals surface area (Å²) < 4.78 is 5.32. The van der Waals surface area contributed by atoms with E-state index in [1.54, 1.807) is 20.9 Å². The minimum atomic E-state index is -0.967. The van der Waals surface area contributed by atoms with Gasteiger partial charge in [-0.05, 0) is 19.9 Å². The zero-order valence-electron chi connectivity index (χ0n) is 11.4. The van der Waals surface area contributed by atoms with Crippen LogP contribution in [0.25, 0.3) is 0 Å². The highest BCUT2D eigenvalue weighted by Crippen LogP contribution is 2.33. The van der Waals surface area contributed by atoms with Crippen LogP contribution in [0, 0.1) is 0 Å². The van der Waals surface area contributed by atoms with E-state index in [-0.39, 0.29) is 29.8 Å². The molecule has 20 heavy (non-hydrogen) atoms. The van der Waals surface area contributed by atoms with Gasteiger partial charge < -0.3 is 14.7 Å². The van der Waals surface area contributed by atoms with Gasteiger partial charge in [0.25, 0.3) is 5.91 Å². The van der Waals surface area contributed by atoms with Crippen molar-refractivity contribution in [3.05, 3.63) is 27.2 Å². The molecule has 0 saturated heterocycles. The SMILES string of the molecule is CN(CC(C)(C)O)C(=O)COc1cc(Cl)c(Cl)cc1Cl. The van der Waals surface area contributed by atoms with Gasteiger partial charge in [-0.1, -0.05) is 34.8 Å². The van der Waals surface area contributed by atoms with Crippen molar-refractivity contribution in [2.45, 2.75) is 19.4 Å². The van der Waals surface area contributed by atoms with Gasteiger partial charge in [0, 0.05) is 19.7 Å². The van der Waals surface area contributed by atoms with Gasteiger partial charge in [-0.25, -0.2) is 0 Å². The molecule has 4 nitrogen and oxygen atoms in total. The summed E-state index contributed by atoms with van der Waals surface area (Å²) in [4.78, 5) is 13.2. The number of aliphatic hydroxyl groups is 1. The van der Waals surface area contributed by atoms with Crippen LogP contribution in [0.4, 0.5) is 0 Å². The first-order valence-electron chi connectivity index (χ1n) is 5.84. The van der Waals surface area contributed by atoms with Gasteiger partial charge in [-0.2, -0.15) is 0 Å². The zero-order chi connectivity index (χ0) is 15.5. The molecule has 1 aromatic rings. The Morgan fingerprint density at radius 2 is 1.80 bits per heavy atom. The van der Waals surface area contributed by atoms with E-state index < -0.39 is 5.60 Å². The molecule has 1 N–H and O–H groups in total. The fourth-order valence-electron chi connectivity index (χ4n) is 1.53. The minimum absolute atomic E-state index is 0.199. The van der Waals surface area contributed by atoms with Gasteiger partial charge in [0.1, 0.15) is 5.75 Å². The van der Waals surface area contributed by atoms with Crippen LogP contribution in [0.5, 0.6) is 5.75 Å². The second-order valence-electron chi connectivity index (χ2n) is 5.05. The van der Waals surface area contributed by atoms with E-state index in [9.17, 15) is 9.90 Å². The molecule has 0 bridgehead atoms. The fourth-order valence-corrected chi connectivity index (χ4v) is 2.12. The lowest BCUT2D eigenvalue weighted by Gasteiger charge is -2.25. The summed E-state index contributed by atoms with van der Waals surface area (Å²) >= 11 is 17.6. The number of ether oxygens (including phenoxy) is 1. The zero-order valence-corrected chi connectivity index (χ0v) is 13.7. The molecule has 0 spiro atoms. The summed E-state index contributed by atoms with van der Waals surface area (Å²) in [6.45, 7) is 3.23. The Labute approximate surface area is 133 Å². The summed E-state index contributed by atoms with van der Waals surface area (Å²) in [7, 11) is 1.58. The van der Waals surface area contributed by atoms with Crippen molar-refractivity contribution in [3.63, 3.8) is 0 Å². The highest BCUT2D eigenvalue weighted by atomic mass is 35.5. The van der Waals surface area contributed by atoms with Crippen molar-refractivity contribution in [3.8, 4) is 5.75 Å². The van der Waals surface area contributed by atoms with E-state index in [1.807, 2.05) is 0 Å². The van der Waals surface area contributed by atoms with E-state index in [2.05, 4.69) is 0 Å². The highest BCUT2D eigenvalue weighted by Gasteiger charge is 2.20. The molecule has 0 heterocycles. The van der Waals surface area contributed by atoms with Gasteiger partial charge >= 0.3 is 0 Å². The van der Waals surface area contributed by atoms with Crippen molar-refractivity contribution in [1.82, 2.24) is 4.90 Å². The van der Waals surface area contributed by atoms with Crippen molar-refractivity contribution in [2.75, 3.05) is 20.2 Å². The quantitative estimate of drug-likeness (QED) is 0.837. The topological polar surface area (TPSA) is 49.8 Å². The summed E-state index contributed by atoms with van der Waals surface area (Å²) in [5.41, 5.74) is -0.967. The molecule has 112 valence electrons. The third-order valence-corrected chi connectivity index (χ3v) is 3.39. The average Bonchev–Trinajstić information content (AvgIpc) is 2.29. The standard InChI is InChI=1S/C13H16Cl3NO3/c1-13(2,19)7-17(3)12(18)6-20-11-5-9(15)8(14)4-10(11)16/h4-5,19H,6-7H2,1-3H3. The van der Waals surface area contributed by atoms with E-state index in [0.29, 0.717) is 10.0 Å². The Bertz CT molecular complexity index is 500. The Kier molecular flexibility index (Phi) is 5.95. The molecule has 0 saturated carbocycles. The lowest BCUT2D eigenvalue weighted by Crippen LogP contribution is -2.41. The summed E-state index contributed by atoms with van der Waals surface area (Å²) in [5.74, 6) is 0.000314. The monoisotopic (exact) mass is 339 g/mol. The number of hydrogen-bond donors (Lipinski definition) is 1. The third-order valence-electron chi connectivity index (χ3n) is 2.38. The number of amides is 1. The van der Waals surface area contributed by atoms with E-state index in [1.165, 1.54) is 17.0 Å². The number of hydrogen-bond acceptors (Lipinski definition) is 3. The Morgan fingerprint density at radius 3 is 2.35 bits per heavy atom. The molecule has 1 amide bonds. The van der Waals surface area contributed by atoms with Crippen LogP contribution in [0.3, 0.4) is 0 Å². The molecule has 0 atom stereocenters. The van der Waals surface area contributed by atoms with Gasteiger partial charge in [-0.15, -0.1) is 0 Å². The molecule has 1 aromatic carbocycles. The fraction of sp³-hybridized carbons (Fsp3) is 0.462. The molecule has 0 unspecified atom stereocenters. The largest absolute Gasteiger partial charge is 0.482 e. The smallest absolute Gasteiger partial charge is 0.260 e. The lowest BCUT2D eigenvalue weighted by atomic mass is 10.1. The van der Waals surface area contributed by atoms with Crippen LogP contribution >= 0.6 is 34.8 Å². The molecule has 0 aliphatic heterocycles. The normalized spacial score (nSPS) is 11.3. The molecule has 0 aromatic heterocycles. The Balaban J connectivity index is 2.63. The third kappa shape index (κ3) is 5.37. The van der Waals surface area contributed by atoms with Crippen LogP contribution in [-0.2, 0) is 4.79 Å². The average molecular weight is 341 g/mol. The summed E-state index contributed by atoms with van der Waals surface area (Å²) in [5, 5.41) is 10.5. The number of rotatable bonds is 5. The van der Waals surface area contributed by atoms with Gasteiger partial charge in [-0.3, -0.25) is 4.79 Å². The predicted molar refractivity (Wildman–Crippen MR) is 80.9 cm³/mol. The number of carbonyl (C=O) groups is 1. The van der Waals surface area contributed by atoms with E-state index >= 15 is 0 Å². The number of likely N-dealkylation sites (N-methyl/N-ethyl adjacent to an activating group) is 1. The molecule has 7 heteroatoms. The van der Waals surface area contributed by atoms with Crippen molar-refractivity contribution < 1.29 is 14.6 Å². The number of halogens is 3. The maximum atomic E-state index is 11.8. The second-order valence-corrected chi connectivity index (χ2v) is 6.27. The number of carbonyl (C=O) groups excluding carboxylic acids is 1. The van der Waals surface area contributed by atoms with Gasteiger partial charge in [0.15, 0.2) is 6.61 Å². The molecule has 0 radical (unpaired) electrons. The first-order valence-corrected chi connectivity index (χ1v) is 6.97. The van der Waals surface area contributed by atoms with Crippen LogP contribution in [0.15, 0.2) is 12.1 Å². The molecule has 0 aliphatic rings. The van der Waals surface area contributed by atoms with Gasteiger partial charge in [0.2, 0.25) is 0 Å². The summed E-state index contributed by atoms with van der Waals surface area (Å²) in [6, 6.07) is 2.90. The number of benzene rings is 1. The maximum Gasteiger partial charge on any atom is 0.260 e. The predicted octanol–water partition coefficient (Wildman–Crippen LogP) is 3.25. The minimum Gasteiger partial charge on any atom is -0.482 e. The number of nitrogens with zero attached hydrogens (tertiary/aromatic N) is 1. The van der Waals surface area contributed by atoms with Crippen LogP contribution in [0.2, 0.25) is 15.1 Å². The lowest BCUT2D eigenvalue weighted by molar-refractivity contribution is -0.134.